The molecule has 140 valence electrons. The van der Waals surface area contributed by atoms with E-state index < -0.39 is 5.97 Å². The quantitative estimate of drug-likeness (QED) is 0.711. The molecule has 6 nitrogen and oxygen atoms in total. The third kappa shape index (κ3) is 4.43. The van der Waals surface area contributed by atoms with Gasteiger partial charge in [0.2, 0.25) is 0 Å². The van der Waals surface area contributed by atoms with E-state index in [1.165, 1.54) is 11.8 Å². The van der Waals surface area contributed by atoms with Gasteiger partial charge in [0.05, 0.1) is 23.8 Å². The van der Waals surface area contributed by atoms with Crippen molar-refractivity contribution in [1.29, 1.82) is 0 Å². The maximum atomic E-state index is 12.4. The van der Waals surface area contributed by atoms with Crippen molar-refractivity contribution in [2.45, 2.75) is 13.8 Å². The maximum Gasteiger partial charge on any atom is 0.344 e. The minimum atomic E-state index is -0.595. The van der Waals surface area contributed by atoms with Crippen molar-refractivity contribution in [3.05, 3.63) is 64.5 Å². The van der Waals surface area contributed by atoms with Crippen molar-refractivity contribution in [3.63, 3.8) is 0 Å². The number of carbonyl (C=O) groups excluding carboxylic acids is 1. The van der Waals surface area contributed by atoms with E-state index in [9.17, 15) is 9.90 Å². The van der Waals surface area contributed by atoms with Crippen LogP contribution in [0.3, 0.4) is 0 Å². The molecule has 0 aliphatic carbocycles. The van der Waals surface area contributed by atoms with Gasteiger partial charge in [-0.25, -0.2) is 9.79 Å². The number of aliphatic hydroxyl groups is 1. The molecule has 0 amide bonds. The number of nitrogens with one attached hydrogen (secondary N) is 1. The lowest BCUT2D eigenvalue weighted by Gasteiger charge is -2.05. The minimum Gasteiger partial charge on any atom is -0.506 e. The molecule has 2 N–H and O–H groups in total. The summed E-state index contributed by atoms with van der Waals surface area (Å²) in [5.74, 6) is 0.0247. The van der Waals surface area contributed by atoms with Gasteiger partial charge in [-0.2, -0.15) is 0 Å². The van der Waals surface area contributed by atoms with Gasteiger partial charge in [-0.05, 0) is 56.3 Å². The van der Waals surface area contributed by atoms with Gasteiger partial charge >= 0.3 is 5.97 Å². The van der Waals surface area contributed by atoms with E-state index in [0.29, 0.717) is 22.2 Å². The minimum absolute atomic E-state index is 0.0774. The smallest absolute Gasteiger partial charge is 0.344 e. The second-order valence-electron chi connectivity index (χ2n) is 5.52. The predicted molar refractivity (Wildman–Crippen MR) is 107 cm³/mol. The van der Waals surface area contributed by atoms with Crippen LogP contribution < -0.4 is 4.74 Å². The van der Waals surface area contributed by atoms with E-state index in [2.05, 4.69) is 9.98 Å². The number of rotatable bonds is 6. The number of H-pyrrole nitrogens is 1. The Morgan fingerprint density at radius 3 is 2.63 bits per heavy atom. The van der Waals surface area contributed by atoms with Crippen molar-refractivity contribution in [2.24, 2.45) is 4.99 Å². The first-order valence-corrected chi connectivity index (χ1v) is 9.39. The van der Waals surface area contributed by atoms with Crippen molar-refractivity contribution in [2.75, 3.05) is 13.2 Å². The highest BCUT2D eigenvalue weighted by Gasteiger charge is 2.33. The predicted octanol–water partition coefficient (Wildman–Crippen LogP) is 4.61. The lowest BCUT2D eigenvalue weighted by molar-refractivity contribution is -0.138. The van der Waals surface area contributed by atoms with Crippen LogP contribution in [-0.2, 0) is 9.53 Å². The summed E-state index contributed by atoms with van der Waals surface area (Å²) in [6, 6.07) is 10.9. The molecule has 0 saturated heterocycles. The zero-order chi connectivity index (χ0) is 19.2. The number of aliphatic hydroxyl groups excluding tert-OH is 1. The van der Waals surface area contributed by atoms with Crippen LogP contribution in [0.4, 0.5) is 5.69 Å². The highest BCUT2D eigenvalue weighted by molar-refractivity contribution is 8.18. The molecule has 2 aromatic rings. The average Bonchev–Trinajstić information content (AvgIpc) is 3.26. The third-order valence-electron chi connectivity index (χ3n) is 3.66. The van der Waals surface area contributed by atoms with Crippen LogP contribution in [0.2, 0.25) is 0 Å². The molecule has 0 radical (unpaired) electrons. The van der Waals surface area contributed by atoms with Crippen LogP contribution in [0.15, 0.2) is 63.8 Å². The summed E-state index contributed by atoms with van der Waals surface area (Å²) in [5, 5.41) is 11.0. The Kier molecular flexibility index (Phi) is 6.03. The zero-order valence-corrected chi connectivity index (χ0v) is 15.9. The first-order chi connectivity index (χ1) is 13.1. The van der Waals surface area contributed by atoms with E-state index in [-0.39, 0.29) is 17.9 Å². The number of thioether (sulfide) groups is 1. The number of hydrogen-bond acceptors (Lipinski definition) is 6. The number of benzene rings is 1. The normalized spacial score (nSPS) is 17.0. The molecule has 0 saturated carbocycles. The summed E-state index contributed by atoms with van der Waals surface area (Å²) >= 11 is 1.22. The Morgan fingerprint density at radius 2 is 2.00 bits per heavy atom. The van der Waals surface area contributed by atoms with Gasteiger partial charge in [0.1, 0.15) is 22.1 Å². The van der Waals surface area contributed by atoms with Gasteiger partial charge < -0.3 is 19.6 Å². The molecule has 2 heterocycles. The number of aromatic nitrogens is 1. The lowest BCUT2D eigenvalue weighted by atomic mass is 10.2. The zero-order valence-electron chi connectivity index (χ0n) is 15.1. The van der Waals surface area contributed by atoms with Crippen molar-refractivity contribution >= 4 is 34.5 Å². The Labute approximate surface area is 161 Å². The molecule has 1 aromatic heterocycles. The number of aliphatic imine (C=N–C) groups is 1. The van der Waals surface area contributed by atoms with Crippen LogP contribution in [0.1, 0.15) is 19.5 Å². The standard InChI is InChI=1S/C20H20N2O4S/c1-3-25-15-9-7-13(8-10-15)22-19-17(20(24)26-4-2)18(23)16(27-19)12-14-6-5-11-21-14/h5-12,21,23H,3-4H2,1-2H3/b16-12-,22-19?. The average molecular weight is 384 g/mol. The fraction of sp³-hybridized carbons (Fsp3) is 0.200. The maximum absolute atomic E-state index is 12.4. The molecular weight excluding hydrogens is 364 g/mol. The van der Waals surface area contributed by atoms with Crippen LogP contribution >= 0.6 is 11.8 Å². The number of esters is 1. The van der Waals surface area contributed by atoms with Gasteiger partial charge in [-0.3, -0.25) is 0 Å². The number of hydrogen-bond donors (Lipinski definition) is 2. The van der Waals surface area contributed by atoms with Crippen molar-refractivity contribution in [3.8, 4) is 5.75 Å². The molecular formula is C20H20N2O4S. The van der Waals surface area contributed by atoms with E-state index in [4.69, 9.17) is 9.47 Å². The topological polar surface area (TPSA) is 83.9 Å². The molecule has 1 aromatic carbocycles. The molecule has 0 unspecified atom stereocenters. The van der Waals surface area contributed by atoms with Crippen LogP contribution in [0.5, 0.6) is 5.75 Å². The third-order valence-corrected chi connectivity index (χ3v) is 4.68. The van der Waals surface area contributed by atoms with Gasteiger partial charge in [0.15, 0.2) is 0 Å². The molecule has 1 aliphatic heterocycles. The summed E-state index contributed by atoms with van der Waals surface area (Å²) in [7, 11) is 0. The Morgan fingerprint density at radius 1 is 1.22 bits per heavy atom. The molecule has 0 bridgehead atoms. The van der Waals surface area contributed by atoms with Crippen LogP contribution in [0.25, 0.3) is 6.08 Å². The van der Waals surface area contributed by atoms with Crippen molar-refractivity contribution < 1.29 is 19.4 Å². The van der Waals surface area contributed by atoms with E-state index in [1.807, 2.05) is 31.2 Å². The molecule has 0 fully saturated rings. The molecule has 27 heavy (non-hydrogen) atoms. The van der Waals surface area contributed by atoms with Crippen LogP contribution in [0, 0.1) is 0 Å². The highest BCUT2D eigenvalue weighted by atomic mass is 32.2. The summed E-state index contributed by atoms with van der Waals surface area (Å²) < 4.78 is 10.5. The lowest BCUT2D eigenvalue weighted by Crippen LogP contribution is -2.12. The highest BCUT2D eigenvalue weighted by Crippen LogP contribution is 2.40. The van der Waals surface area contributed by atoms with E-state index >= 15 is 0 Å². The number of ether oxygens (including phenoxy) is 2. The van der Waals surface area contributed by atoms with Gasteiger partial charge in [0.25, 0.3) is 0 Å². The monoisotopic (exact) mass is 384 g/mol. The second-order valence-corrected chi connectivity index (χ2v) is 6.55. The first kappa shape index (κ1) is 18.8. The van der Waals surface area contributed by atoms with E-state index in [0.717, 1.165) is 11.4 Å². The molecule has 7 heteroatoms. The van der Waals surface area contributed by atoms with Gasteiger partial charge in [-0.1, -0.05) is 11.8 Å². The largest absolute Gasteiger partial charge is 0.506 e. The van der Waals surface area contributed by atoms with Gasteiger partial charge in [0, 0.05) is 11.9 Å². The fourth-order valence-corrected chi connectivity index (χ4v) is 3.49. The fourth-order valence-electron chi connectivity index (χ4n) is 2.47. The number of nitrogens with zero attached hydrogens (tertiary/aromatic N) is 1. The van der Waals surface area contributed by atoms with E-state index in [1.54, 1.807) is 31.3 Å². The summed E-state index contributed by atoms with van der Waals surface area (Å²) in [5.41, 5.74) is 1.54. The van der Waals surface area contributed by atoms with Gasteiger partial charge in [-0.15, -0.1) is 0 Å². The summed E-state index contributed by atoms with van der Waals surface area (Å²) in [4.78, 5) is 20.5. The second kappa shape index (κ2) is 8.64. The SMILES string of the molecule is CCOC(=O)C1=C(O)/C(=C/c2ccc[nH]2)SC1=Nc1ccc(OCC)cc1. The summed E-state index contributed by atoms with van der Waals surface area (Å²) in [6.45, 7) is 4.43. The molecule has 3 rings (SSSR count). The van der Waals surface area contributed by atoms with Crippen molar-refractivity contribution in [1.82, 2.24) is 4.98 Å². The Bertz CT molecular complexity index is 897. The Hall–Kier alpha value is -2.93. The van der Waals surface area contributed by atoms with Crippen LogP contribution in [-0.4, -0.2) is 34.3 Å². The molecule has 0 atom stereocenters. The number of aromatic amines is 1. The molecule has 1 aliphatic rings. The Balaban J connectivity index is 1.96. The summed E-state index contributed by atoms with van der Waals surface area (Å²) in [6.07, 6.45) is 3.55. The molecule has 0 spiro atoms. The number of carbonyl (C=O) groups is 1. The first-order valence-electron chi connectivity index (χ1n) is 8.58.